The van der Waals surface area contributed by atoms with E-state index in [1.165, 1.54) is 14.2 Å². The third-order valence-corrected chi connectivity index (χ3v) is 11.1. The van der Waals surface area contributed by atoms with Crippen LogP contribution in [0.3, 0.4) is 0 Å². The molecule has 0 unspecified atom stereocenters. The summed E-state index contributed by atoms with van der Waals surface area (Å²) in [5.41, 5.74) is 5.98. The molecule has 0 bridgehead atoms. The molecule has 322 valence electrons. The van der Waals surface area contributed by atoms with Gasteiger partial charge in [0, 0.05) is 24.2 Å². The molecule has 2 aliphatic rings. The van der Waals surface area contributed by atoms with Crippen LogP contribution in [0.4, 0.5) is 9.59 Å². The molecule has 2 saturated heterocycles. The largest absolute Gasteiger partial charge is 0.453 e. The highest BCUT2D eigenvalue weighted by Crippen LogP contribution is 2.35. The first-order valence-corrected chi connectivity index (χ1v) is 20.6. The number of likely N-dealkylation sites (tertiary alicyclic amines) is 2. The number of ether oxygens (including phenoxy) is 3. The number of aromatic amines is 2. The number of carbonyl (C=O) groups is 4. The molecule has 5 heterocycles. The second-order valence-electron chi connectivity index (χ2n) is 16.7. The number of nitrogens with zero attached hydrogens (tertiary/aromatic N) is 6. The van der Waals surface area contributed by atoms with Gasteiger partial charge in [0.15, 0.2) is 0 Å². The lowest BCUT2D eigenvalue weighted by Gasteiger charge is -2.30. The molecule has 2 fully saturated rings. The zero-order valence-corrected chi connectivity index (χ0v) is 35.7. The average Bonchev–Trinajstić information content (AvgIpc) is 4.10. The Morgan fingerprint density at radius 2 is 1.30 bits per heavy atom. The molecule has 7 rings (SSSR count). The van der Waals surface area contributed by atoms with Gasteiger partial charge in [-0.2, -0.15) is 0 Å². The lowest BCUT2D eigenvalue weighted by Crippen LogP contribution is -2.51. The number of nitrogens with one attached hydrogen (secondary N) is 4. The van der Waals surface area contributed by atoms with Crippen LogP contribution in [0.2, 0.25) is 0 Å². The summed E-state index contributed by atoms with van der Waals surface area (Å²) in [4.78, 5) is 80.8. The molecule has 0 spiro atoms. The van der Waals surface area contributed by atoms with E-state index in [4.69, 9.17) is 24.2 Å². The fourth-order valence-corrected chi connectivity index (χ4v) is 7.86. The number of fused-ring (bicyclic) bond motifs is 1. The van der Waals surface area contributed by atoms with Gasteiger partial charge in [-0.1, -0.05) is 44.2 Å². The SMILES string of the molecule is COC(=O)N[C@@H](COC(C)(C)C)C(=O)N1CCC[C@H]1c1ncc(-c2ccc3nc(-c4ccc(-c5cnc([C@@H]6CCCN6C(=O)[C@@H](NC(=O)OC)C(C)C)[nH]5)cc4)cnc3c2)[nH]1. The number of H-pyrrole nitrogens is 2. The van der Waals surface area contributed by atoms with E-state index in [1.807, 2.05) is 77.1 Å². The van der Waals surface area contributed by atoms with Crippen LogP contribution in [0.1, 0.15) is 84.0 Å². The molecule has 17 heteroatoms. The lowest BCUT2D eigenvalue weighted by atomic mass is 10.0. The summed E-state index contributed by atoms with van der Waals surface area (Å²) in [5.74, 6) is 0.831. The predicted molar refractivity (Wildman–Crippen MR) is 227 cm³/mol. The number of aromatic nitrogens is 6. The highest BCUT2D eigenvalue weighted by atomic mass is 16.5. The number of alkyl carbamates (subject to hydrolysis) is 2. The van der Waals surface area contributed by atoms with Gasteiger partial charge >= 0.3 is 12.2 Å². The average molecular weight is 835 g/mol. The molecule has 4 N–H and O–H groups in total. The lowest BCUT2D eigenvalue weighted by molar-refractivity contribution is -0.137. The number of carbonyl (C=O) groups excluding carboxylic acids is 4. The Balaban J connectivity index is 1.02. The summed E-state index contributed by atoms with van der Waals surface area (Å²) >= 11 is 0. The van der Waals surface area contributed by atoms with Crippen molar-refractivity contribution in [1.29, 1.82) is 0 Å². The van der Waals surface area contributed by atoms with Crippen molar-refractivity contribution >= 4 is 35.0 Å². The normalized spacial score (nSPS) is 17.7. The minimum Gasteiger partial charge on any atom is -0.453 e. The Labute approximate surface area is 354 Å². The van der Waals surface area contributed by atoms with E-state index >= 15 is 0 Å². The molecule has 3 aromatic heterocycles. The van der Waals surface area contributed by atoms with Crippen LogP contribution < -0.4 is 10.6 Å². The summed E-state index contributed by atoms with van der Waals surface area (Å²) in [6, 6.07) is 11.7. The second-order valence-corrected chi connectivity index (χ2v) is 16.7. The van der Waals surface area contributed by atoms with E-state index in [0.717, 1.165) is 65.0 Å². The maximum atomic E-state index is 13.8. The fraction of sp³-hybridized carbons (Fsp3) is 0.455. The highest BCUT2D eigenvalue weighted by molar-refractivity contribution is 5.87. The van der Waals surface area contributed by atoms with Crippen LogP contribution in [0.5, 0.6) is 0 Å². The van der Waals surface area contributed by atoms with Gasteiger partial charge in [0.25, 0.3) is 0 Å². The number of amides is 4. The first-order chi connectivity index (χ1) is 29.2. The predicted octanol–water partition coefficient (Wildman–Crippen LogP) is 6.32. The maximum Gasteiger partial charge on any atom is 0.407 e. The second kappa shape index (κ2) is 18.1. The Morgan fingerprint density at radius 1 is 0.738 bits per heavy atom. The summed E-state index contributed by atoms with van der Waals surface area (Å²) < 4.78 is 15.4. The standard InChI is InChI=1S/C44H54N10O7/c1-25(2)37(52-43(58)60-7)41(56)54-19-9-11-36(54)39-46-22-32(49-39)27-14-12-26(13-15-27)31-21-45-30-20-28(16-17-29(30)48-31)33-23-47-38(50-33)35-10-8-18-53(35)40(55)34(51-42(57)59-6)24-61-44(3,4)5/h12-17,20-23,25,34-37H,8-11,18-19,24H2,1-7H3,(H,46,49)(H,47,50)(H,51,57)(H,52,58)/t34-,35-,36-,37-/m0/s1. The van der Waals surface area contributed by atoms with Crippen molar-refractivity contribution in [2.45, 2.75) is 90.1 Å². The zero-order chi connectivity index (χ0) is 43.4. The van der Waals surface area contributed by atoms with Crippen LogP contribution in [-0.2, 0) is 23.8 Å². The van der Waals surface area contributed by atoms with Gasteiger partial charge in [-0.25, -0.2) is 24.5 Å². The molecule has 2 aromatic carbocycles. The third kappa shape index (κ3) is 9.67. The molecule has 0 saturated carbocycles. The zero-order valence-electron chi connectivity index (χ0n) is 35.7. The smallest absolute Gasteiger partial charge is 0.407 e. The van der Waals surface area contributed by atoms with Gasteiger partial charge in [0.05, 0.1) is 85.2 Å². The minimum atomic E-state index is -0.912. The maximum absolute atomic E-state index is 13.8. The van der Waals surface area contributed by atoms with E-state index in [2.05, 4.69) is 30.6 Å². The highest BCUT2D eigenvalue weighted by Gasteiger charge is 2.39. The van der Waals surface area contributed by atoms with Crippen LogP contribution in [0.25, 0.3) is 44.8 Å². The third-order valence-electron chi connectivity index (χ3n) is 11.1. The Bertz CT molecular complexity index is 2370. The summed E-state index contributed by atoms with van der Waals surface area (Å²) in [7, 11) is 2.54. The Morgan fingerprint density at radius 3 is 1.89 bits per heavy atom. The van der Waals surface area contributed by atoms with Crippen molar-refractivity contribution in [3.63, 3.8) is 0 Å². The van der Waals surface area contributed by atoms with Crippen LogP contribution >= 0.6 is 0 Å². The van der Waals surface area contributed by atoms with E-state index in [1.54, 1.807) is 28.4 Å². The number of hydrogen-bond donors (Lipinski definition) is 4. The molecule has 17 nitrogen and oxygen atoms in total. The van der Waals surface area contributed by atoms with Crippen molar-refractivity contribution in [1.82, 2.24) is 50.3 Å². The van der Waals surface area contributed by atoms with Gasteiger partial charge < -0.3 is 44.6 Å². The number of benzene rings is 2. The molecule has 0 radical (unpaired) electrons. The molecular weight excluding hydrogens is 781 g/mol. The van der Waals surface area contributed by atoms with E-state index < -0.39 is 29.9 Å². The van der Waals surface area contributed by atoms with Crippen molar-refractivity contribution in [2.24, 2.45) is 5.92 Å². The molecule has 4 atom stereocenters. The molecular formula is C44H54N10O7. The summed E-state index contributed by atoms with van der Waals surface area (Å²) in [5, 5.41) is 5.33. The van der Waals surface area contributed by atoms with Crippen molar-refractivity contribution in [2.75, 3.05) is 33.9 Å². The fourth-order valence-electron chi connectivity index (χ4n) is 7.86. The molecule has 0 aliphatic carbocycles. The number of methoxy groups -OCH3 is 2. The van der Waals surface area contributed by atoms with Gasteiger partial charge in [-0.15, -0.1) is 0 Å². The minimum absolute atomic E-state index is 0.00650. The van der Waals surface area contributed by atoms with Crippen LogP contribution in [-0.4, -0.2) is 115 Å². The summed E-state index contributed by atoms with van der Waals surface area (Å²) in [6.45, 7) is 10.6. The van der Waals surface area contributed by atoms with Crippen molar-refractivity contribution < 1.29 is 33.4 Å². The van der Waals surface area contributed by atoms with E-state index in [9.17, 15) is 19.2 Å². The van der Waals surface area contributed by atoms with Crippen LogP contribution in [0, 0.1) is 5.92 Å². The molecule has 4 amide bonds. The van der Waals surface area contributed by atoms with Gasteiger partial charge in [-0.3, -0.25) is 14.6 Å². The molecule has 5 aromatic rings. The van der Waals surface area contributed by atoms with Crippen LogP contribution in [0.15, 0.2) is 61.1 Å². The number of hydrogen-bond acceptors (Lipinski definition) is 11. The van der Waals surface area contributed by atoms with Crippen molar-refractivity contribution in [3.8, 4) is 33.8 Å². The van der Waals surface area contributed by atoms with Gasteiger partial charge in [0.1, 0.15) is 23.7 Å². The number of imidazole rings is 2. The first kappa shape index (κ1) is 42.8. The topological polar surface area (TPSA) is 210 Å². The van der Waals surface area contributed by atoms with Gasteiger partial charge in [0.2, 0.25) is 11.8 Å². The molecule has 61 heavy (non-hydrogen) atoms. The van der Waals surface area contributed by atoms with Crippen molar-refractivity contribution in [3.05, 3.63) is 72.7 Å². The Hall–Kier alpha value is -6.36. The van der Waals surface area contributed by atoms with E-state index in [-0.39, 0.29) is 36.4 Å². The van der Waals surface area contributed by atoms with Gasteiger partial charge in [-0.05, 0) is 70.1 Å². The first-order valence-electron chi connectivity index (χ1n) is 20.6. The number of rotatable bonds is 12. The Kier molecular flexibility index (Phi) is 12.7. The quantitative estimate of drug-likeness (QED) is 0.109. The monoisotopic (exact) mass is 834 g/mol. The summed E-state index contributed by atoms with van der Waals surface area (Å²) in [6.07, 6.45) is 7.07. The van der Waals surface area contributed by atoms with E-state index in [0.29, 0.717) is 30.3 Å². The molecule has 2 aliphatic heterocycles.